The third-order valence-electron chi connectivity index (χ3n) is 3.84. The highest BCUT2D eigenvalue weighted by Gasteiger charge is 2.38. The van der Waals surface area contributed by atoms with Crippen LogP contribution in [-0.2, 0) is 4.79 Å². The van der Waals surface area contributed by atoms with E-state index in [1.807, 2.05) is 24.3 Å². The first-order valence-corrected chi connectivity index (χ1v) is 7.52. The van der Waals surface area contributed by atoms with Crippen LogP contribution >= 0.6 is 0 Å². The lowest BCUT2D eigenvalue weighted by Crippen LogP contribution is -2.56. The van der Waals surface area contributed by atoms with Crippen molar-refractivity contribution in [1.82, 2.24) is 0 Å². The van der Waals surface area contributed by atoms with Crippen molar-refractivity contribution in [2.75, 3.05) is 6.61 Å². The molecule has 0 saturated heterocycles. The van der Waals surface area contributed by atoms with Crippen LogP contribution in [0.15, 0.2) is 24.3 Å². The number of primary amides is 1. The Balaban J connectivity index is 2.06. The second kappa shape index (κ2) is 6.80. The summed E-state index contributed by atoms with van der Waals surface area (Å²) in [6, 6.07) is 7.58. The molecule has 1 fully saturated rings. The van der Waals surface area contributed by atoms with Gasteiger partial charge in [-0.05, 0) is 37.8 Å². The Hall–Kier alpha value is -1.75. The minimum atomic E-state index is -0.956. The molecule has 21 heavy (non-hydrogen) atoms. The molecule has 0 aromatic heterocycles. The number of benzene rings is 1. The second-order valence-corrected chi connectivity index (χ2v) is 5.65. The summed E-state index contributed by atoms with van der Waals surface area (Å²) in [5, 5.41) is 0. The molecule has 0 radical (unpaired) electrons. The van der Waals surface area contributed by atoms with Gasteiger partial charge in [-0.15, -0.1) is 0 Å². The van der Waals surface area contributed by atoms with Crippen molar-refractivity contribution in [3.63, 3.8) is 0 Å². The van der Waals surface area contributed by atoms with Crippen molar-refractivity contribution in [2.45, 2.75) is 50.7 Å². The van der Waals surface area contributed by atoms with Gasteiger partial charge in [0.2, 0.25) is 5.91 Å². The molecule has 0 spiro atoms. The van der Waals surface area contributed by atoms with Crippen molar-refractivity contribution < 1.29 is 14.3 Å². The summed E-state index contributed by atoms with van der Waals surface area (Å²) in [5.41, 5.74) is 10.5. The summed E-state index contributed by atoms with van der Waals surface area (Å²) in [5.74, 6) is 0.975. The number of hydrogen-bond donors (Lipinski definition) is 2. The van der Waals surface area contributed by atoms with E-state index < -0.39 is 11.4 Å². The largest absolute Gasteiger partial charge is 0.490 e. The lowest BCUT2D eigenvalue weighted by atomic mass is 9.80. The predicted molar refractivity (Wildman–Crippen MR) is 81.2 cm³/mol. The number of amides is 1. The van der Waals surface area contributed by atoms with E-state index in [-0.39, 0.29) is 6.10 Å². The predicted octanol–water partition coefficient (Wildman–Crippen LogP) is 1.98. The molecule has 5 heteroatoms. The van der Waals surface area contributed by atoms with Crippen LogP contribution in [0.2, 0.25) is 0 Å². The molecule has 0 bridgehead atoms. The summed E-state index contributed by atoms with van der Waals surface area (Å²) in [7, 11) is 0. The fourth-order valence-corrected chi connectivity index (χ4v) is 2.64. The van der Waals surface area contributed by atoms with Crippen molar-refractivity contribution in [2.24, 2.45) is 11.5 Å². The lowest BCUT2D eigenvalue weighted by Gasteiger charge is -2.35. The maximum atomic E-state index is 11.5. The van der Waals surface area contributed by atoms with E-state index >= 15 is 0 Å². The first-order chi connectivity index (χ1) is 10.0. The van der Waals surface area contributed by atoms with Crippen LogP contribution in [0, 0.1) is 0 Å². The molecule has 4 N–H and O–H groups in total. The van der Waals surface area contributed by atoms with Gasteiger partial charge in [0.25, 0.3) is 0 Å². The van der Waals surface area contributed by atoms with Crippen LogP contribution < -0.4 is 20.9 Å². The fraction of sp³-hybridized carbons (Fsp3) is 0.562. The Bertz CT molecular complexity index is 492. The minimum absolute atomic E-state index is 0.109. The Kier molecular flexibility index (Phi) is 5.07. The van der Waals surface area contributed by atoms with Crippen molar-refractivity contribution in [3.05, 3.63) is 24.3 Å². The molecule has 1 aliphatic rings. The second-order valence-electron chi connectivity index (χ2n) is 5.65. The van der Waals surface area contributed by atoms with E-state index in [2.05, 4.69) is 6.92 Å². The number of hydrogen-bond acceptors (Lipinski definition) is 4. The standard InChI is InChI=1S/C16H24N2O3/c1-2-10-20-13-7-3-4-8-14(13)21-12-6-5-9-16(18,11-12)15(17)19/h3-4,7-8,12H,2,5-6,9-11,18H2,1H3,(H2,17,19). The van der Waals surface area contributed by atoms with Crippen LogP contribution in [0.5, 0.6) is 11.5 Å². The van der Waals surface area contributed by atoms with Gasteiger partial charge in [0.1, 0.15) is 6.10 Å². The Morgan fingerprint density at radius 2 is 2.10 bits per heavy atom. The molecule has 0 aliphatic heterocycles. The molecule has 1 aromatic carbocycles. The van der Waals surface area contributed by atoms with E-state index in [0.717, 1.165) is 25.0 Å². The van der Waals surface area contributed by atoms with E-state index in [1.165, 1.54) is 0 Å². The van der Waals surface area contributed by atoms with Gasteiger partial charge < -0.3 is 20.9 Å². The molecular weight excluding hydrogens is 268 g/mol. The van der Waals surface area contributed by atoms with Crippen LogP contribution in [0.4, 0.5) is 0 Å². The third-order valence-corrected chi connectivity index (χ3v) is 3.84. The molecule has 2 rings (SSSR count). The van der Waals surface area contributed by atoms with Crippen LogP contribution in [0.25, 0.3) is 0 Å². The van der Waals surface area contributed by atoms with Gasteiger partial charge in [0.05, 0.1) is 12.1 Å². The number of para-hydroxylation sites is 2. The van der Waals surface area contributed by atoms with E-state index in [0.29, 0.717) is 25.2 Å². The zero-order valence-electron chi connectivity index (χ0n) is 12.5. The molecule has 1 aromatic rings. The summed E-state index contributed by atoms with van der Waals surface area (Å²) in [6.45, 7) is 2.70. The zero-order valence-corrected chi connectivity index (χ0v) is 12.5. The molecule has 0 heterocycles. The molecule has 116 valence electrons. The molecule has 1 aliphatic carbocycles. The van der Waals surface area contributed by atoms with Gasteiger partial charge in [-0.25, -0.2) is 0 Å². The molecule has 5 nitrogen and oxygen atoms in total. The number of nitrogens with two attached hydrogens (primary N) is 2. The van der Waals surface area contributed by atoms with Crippen molar-refractivity contribution in [3.8, 4) is 11.5 Å². The van der Waals surface area contributed by atoms with Gasteiger partial charge >= 0.3 is 0 Å². The quantitative estimate of drug-likeness (QED) is 0.839. The summed E-state index contributed by atoms with van der Waals surface area (Å²) in [4.78, 5) is 11.5. The third kappa shape index (κ3) is 3.88. The minimum Gasteiger partial charge on any atom is -0.490 e. The first-order valence-electron chi connectivity index (χ1n) is 7.52. The topological polar surface area (TPSA) is 87.6 Å². The Labute approximate surface area is 125 Å². The van der Waals surface area contributed by atoms with E-state index in [1.54, 1.807) is 0 Å². The van der Waals surface area contributed by atoms with E-state index in [9.17, 15) is 4.79 Å². The lowest BCUT2D eigenvalue weighted by molar-refractivity contribution is -0.125. The number of ether oxygens (including phenoxy) is 2. The van der Waals surface area contributed by atoms with Crippen molar-refractivity contribution in [1.29, 1.82) is 0 Å². The maximum absolute atomic E-state index is 11.5. The van der Waals surface area contributed by atoms with Gasteiger partial charge in [-0.3, -0.25) is 4.79 Å². The molecule has 1 saturated carbocycles. The van der Waals surface area contributed by atoms with Crippen LogP contribution in [0.3, 0.4) is 0 Å². The summed E-state index contributed by atoms with van der Waals surface area (Å²) >= 11 is 0. The molecule has 1 amide bonds. The van der Waals surface area contributed by atoms with Crippen molar-refractivity contribution >= 4 is 5.91 Å². The molecule has 2 unspecified atom stereocenters. The Morgan fingerprint density at radius 1 is 1.38 bits per heavy atom. The SMILES string of the molecule is CCCOc1ccccc1OC1CCCC(N)(C(N)=O)C1. The monoisotopic (exact) mass is 292 g/mol. The van der Waals surface area contributed by atoms with Crippen LogP contribution in [0.1, 0.15) is 39.0 Å². The first kappa shape index (κ1) is 15.6. The summed E-state index contributed by atoms with van der Waals surface area (Å²) in [6.07, 6.45) is 3.60. The highest BCUT2D eigenvalue weighted by molar-refractivity contribution is 5.84. The average molecular weight is 292 g/mol. The van der Waals surface area contributed by atoms with Gasteiger partial charge in [0, 0.05) is 6.42 Å². The normalized spacial score (nSPS) is 25.3. The maximum Gasteiger partial charge on any atom is 0.237 e. The number of carbonyl (C=O) groups excluding carboxylic acids is 1. The fourth-order valence-electron chi connectivity index (χ4n) is 2.64. The molecular formula is C16H24N2O3. The number of rotatable bonds is 6. The highest BCUT2D eigenvalue weighted by Crippen LogP contribution is 2.33. The average Bonchev–Trinajstić information content (AvgIpc) is 2.46. The smallest absolute Gasteiger partial charge is 0.237 e. The zero-order chi connectivity index (χ0) is 15.3. The Morgan fingerprint density at radius 3 is 2.76 bits per heavy atom. The van der Waals surface area contributed by atoms with Gasteiger partial charge in [0.15, 0.2) is 11.5 Å². The number of carbonyl (C=O) groups is 1. The summed E-state index contributed by atoms with van der Waals surface area (Å²) < 4.78 is 11.7. The highest BCUT2D eigenvalue weighted by atomic mass is 16.5. The molecule has 2 atom stereocenters. The van der Waals surface area contributed by atoms with Crippen LogP contribution in [-0.4, -0.2) is 24.2 Å². The van der Waals surface area contributed by atoms with E-state index in [4.69, 9.17) is 20.9 Å². The van der Waals surface area contributed by atoms with Gasteiger partial charge in [-0.2, -0.15) is 0 Å². The van der Waals surface area contributed by atoms with Gasteiger partial charge in [-0.1, -0.05) is 19.1 Å².